The largest absolute Gasteiger partial charge is 0.456 e. The number of pyridine rings is 1. The van der Waals surface area contributed by atoms with Gasteiger partial charge in [-0.2, -0.15) is 9.97 Å². The Kier molecular flexibility index (Phi) is 6.39. The van der Waals surface area contributed by atoms with Gasteiger partial charge in [-0.15, -0.1) is 0 Å². The molecule has 50 heavy (non-hydrogen) atoms. The first-order chi connectivity index (χ1) is 24.8. The first-order valence-electron chi connectivity index (χ1n) is 16.6. The Balaban J connectivity index is 1.25. The summed E-state index contributed by atoms with van der Waals surface area (Å²) in [6.07, 6.45) is 3.74. The quantitative estimate of drug-likeness (QED) is 0.187. The summed E-state index contributed by atoms with van der Waals surface area (Å²) in [4.78, 5) is 19.7. The molecule has 234 valence electrons. The van der Waals surface area contributed by atoms with Gasteiger partial charge in [0.1, 0.15) is 11.2 Å². The van der Waals surface area contributed by atoms with E-state index in [0.29, 0.717) is 17.6 Å². The van der Waals surface area contributed by atoms with E-state index in [1.54, 1.807) is 0 Å². The predicted octanol–water partition coefficient (Wildman–Crippen LogP) is 10.9. The number of furan rings is 1. The zero-order chi connectivity index (χ0) is 33.0. The molecule has 0 bridgehead atoms. The van der Waals surface area contributed by atoms with Gasteiger partial charge in [0.25, 0.3) is 0 Å². The minimum Gasteiger partial charge on any atom is -0.456 e. The van der Waals surface area contributed by atoms with Gasteiger partial charge in [0, 0.05) is 38.9 Å². The van der Waals surface area contributed by atoms with E-state index in [4.69, 9.17) is 19.4 Å². The van der Waals surface area contributed by atoms with Crippen LogP contribution in [0.3, 0.4) is 0 Å². The molecule has 4 heterocycles. The molecule has 0 fully saturated rings. The van der Waals surface area contributed by atoms with Crippen molar-refractivity contribution in [2.24, 2.45) is 0 Å². The van der Waals surface area contributed by atoms with Crippen LogP contribution in [0.1, 0.15) is 0 Å². The van der Waals surface area contributed by atoms with Crippen molar-refractivity contribution in [2.75, 3.05) is 0 Å². The van der Waals surface area contributed by atoms with Crippen LogP contribution in [0.25, 0.3) is 94.7 Å². The average molecular weight is 642 g/mol. The molecule has 0 aliphatic carbocycles. The number of rotatable bonds is 5. The number of fused-ring (bicyclic) bond motifs is 6. The van der Waals surface area contributed by atoms with Crippen LogP contribution in [0, 0.1) is 0 Å². The maximum Gasteiger partial charge on any atom is 0.238 e. The van der Waals surface area contributed by atoms with Gasteiger partial charge in [-0.1, -0.05) is 121 Å². The van der Waals surface area contributed by atoms with Crippen LogP contribution in [-0.2, 0) is 0 Å². The topological polar surface area (TPSA) is 69.6 Å². The number of benzene rings is 6. The lowest BCUT2D eigenvalue weighted by atomic mass is 9.94. The van der Waals surface area contributed by atoms with E-state index in [1.165, 1.54) is 5.56 Å². The number of aromatic nitrogens is 5. The fraction of sp³-hybridized carbons (Fsp3) is 0. The lowest BCUT2D eigenvalue weighted by Gasteiger charge is -2.11. The minimum atomic E-state index is 0.530. The van der Waals surface area contributed by atoms with Gasteiger partial charge >= 0.3 is 0 Å². The van der Waals surface area contributed by atoms with Crippen LogP contribution >= 0.6 is 0 Å². The molecule has 6 heteroatoms. The SMILES string of the molecule is c1ccc(-c2ccc3oc4cccc(-c5cccc6c5c5ccncc5n6-c5nc(-c6ccccc6)nc(-c6ccccc6)n5)c4c3c2)cc1. The van der Waals surface area contributed by atoms with Crippen molar-refractivity contribution in [1.29, 1.82) is 0 Å². The van der Waals surface area contributed by atoms with E-state index in [1.807, 2.05) is 79.1 Å². The van der Waals surface area contributed by atoms with Crippen LogP contribution in [0.4, 0.5) is 0 Å². The monoisotopic (exact) mass is 641 g/mol. The van der Waals surface area contributed by atoms with Crippen molar-refractivity contribution in [3.63, 3.8) is 0 Å². The highest BCUT2D eigenvalue weighted by Gasteiger charge is 2.22. The molecule has 0 amide bonds. The second-order valence-corrected chi connectivity index (χ2v) is 12.3. The Morgan fingerprint density at radius 1 is 0.440 bits per heavy atom. The van der Waals surface area contributed by atoms with Gasteiger partial charge in [0.05, 0.1) is 17.2 Å². The molecule has 0 atom stereocenters. The molecule has 10 rings (SSSR count). The Labute approximate surface area is 287 Å². The lowest BCUT2D eigenvalue weighted by Crippen LogP contribution is -2.06. The van der Waals surface area contributed by atoms with Gasteiger partial charge in [0.15, 0.2) is 11.6 Å². The lowest BCUT2D eigenvalue weighted by molar-refractivity contribution is 0.669. The number of hydrogen-bond donors (Lipinski definition) is 0. The summed E-state index contributed by atoms with van der Waals surface area (Å²) in [5.41, 5.74) is 9.94. The Morgan fingerprint density at radius 2 is 1.08 bits per heavy atom. The molecule has 6 aromatic carbocycles. The summed E-state index contributed by atoms with van der Waals surface area (Å²) >= 11 is 0. The summed E-state index contributed by atoms with van der Waals surface area (Å²) < 4.78 is 8.56. The standard InChI is InChI=1S/C44H27N5O/c1-4-12-28(13-5-1)31-22-23-38-35(26-31)41-33(19-11-21-39(41)50-38)32-18-10-20-36-40(32)34-24-25-45-27-37(34)49(36)44-47-42(29-14-6-2-7-15-29)46-43(48-44)30-16-8-3-9-17-30/h1-27H. The molecule has 0 aliphatic heterocycles. The first-order valence-corrected chi connectivity index (χ1v) is 16.6. The molecule has 10 aromatic rings. The van der Waals surface area contributed by atoms with E-state index in [0.717, 1.165) is 71.6 Å². The van der Waals surface area contributed by atoms with E-state index in [-0.39, 0.29) is 0 Å². The van der Waals surface area contributed by atoms with Crippen LogP contribution in [0.2, 0.25) is 0 Å². The summed E-state index contributed by atoms with van der Waals surface area (Å²) in [7, 11) is 0. The second kappa shape index (κ2) is 11.4. The summed E-state index contributed by atoms with van der Waals surface area (Å²) in [6.45, 7) is 0. The van der Waals surface area contributed by atoms with Crippen LogP contribution in [-0.4, -0.2) is 24.5 Å². The molecule has 0 N–H and O–H groups in total. The van der Waals surface area contributed by atoms with Gasteiger partial charge in [-0.3, -0.25) is 9.55 Å². The predicted molar refractivity (Wildman–Crippen MR) is 201 cm³/mol. The van der Waals surface area contributed by atoms with E-state index >= 15 is 0 Å². The molecule has 4 aromatic heterocycles. The van der Waals surface area contributed by atoms with Crippen molar-refractivity contribution in [1.82, 2.24) is 24.5 Å². The Bertz CT molecular complexity index is 2800. The fourth-order valence-corrected chi connectivity index (χ4v) is 7.11. The molecule has 0 saturated carbocycles. The average Bonchev–Trinajstić information content (AvgIpc) is 3.74. The molecule has 0 radical (unpaired) electrons. The van der Waals surface area contributed by atoms with Crippen LogP contribution in [0.5, 0.6) is 0 Å². The third kappa shape index (κ3) is 4.50. The van der Waals surface area contributed by atoms with Crippen LogP contribution < -0.4 is 0 Å². The molecular weight excluding hydrogens is 615 g/mol. The normalized spacial score (nSPS) is 11.6. The highest BCUT2D eigenvalue weighted by Crippen LogP contribution is 2.43. The van der Waals surface area contributed by atoms with Gasteiger partial charge in [-0.25, -0.2) is 4.98 Å². The maximum absolute atomic E-state index is 6.45. The highest BCUT2D eigenvalue weighted by molar-refractivity contribution is 6.21. The van der Waals surface area contributed by atoms with Crippen LogP contribution in [0.15, 0.2) is 168 Å². The van der Waals surface area contributed by atoms with Crippen molar-refractivity contribution in [3.05, 3.63) is 164 Å². The maximum atomic E-state index is 6.45. The molecule has 0 unspecified atom stereocenters. The molecular formula is C44H27N5O. The summed E-state index contributed by atoms with van der Waals surface area (Å²) in [5, 5.41) is 4.31. The minimum absolute atomic E-state index is 0.530. The zero-order valence-electron chi connectivity index (χ0n) is 26.7. The number of nitrogens with zero attached hydrogens (tertiary/aromatic N) is 5. The third-order valence-electron chi connectivity index (χ3n) is 9.37. The van der Waals surface area contributed by atoms with Crippen molar-refractivity contribution >= 4 is 43.7 Å². The molecule has 6 nitrogen and oxygen atoms in total. The van der Waals surface area contributed by atoms with Crippen molar-refractivity contribution in [3.8, 4) is 51.0 Å². The van der Waals surface area contributed by atoms with Gasteiger partial charge < -0.3 is 4.42 Å². The van der Waals surface area contributed by atoms with E-state index < -0.39 is 0 Å². The summed E-state index contributed by atoms with van der Waals surface area (Å²) in [5.74, 6) is 1.74. The van der Waals surface area contributed by atoms with E-state index in [9.17, 15) is 0 Å². The second-order valence-electron chi connectivity index (χ2n) is 12.3. The van der Waals surface area contributed by atoms with Gasteiger partial charge in [-0.05, 0) is 52.6 Å². The Morgan fingerprint density at radius 3 is 1.78 bits per heavy atom. The smallest absolute Gasteiger partial charge is 0.238 e. The molecule has 0 aliphatic rings. The zero-order valence-corrected chi connectivity index (χ0v) is 26.7. The van der Waals surface area contributed by atoms with Crippen molar-refractivity contribution < 1.29 is 4.42 Å². The first kappa shape index (κ1) is 28.1. The Hall–Kier alpha value is -6.92. The fourth-order valence-electron chi connectivity index (χ4n) is 7.11. The van der Waals surface area contributed by atoms with Gasteiger partial charge in [0.2, 0.25) is 5.95 Å². The summed E-state index contributed by atoms with van der Waals surface area (Å²) in [6, 6.07) is 51.8. The number of hydrogen-bond acceptors (Lipinski definition) is 5. The van der Waals surface area contributed by atoms with Crippen molar-refractivity contribution in [2.45, 2.75) is 0 Å². The molecule has 0 spiro atoms. The van der Waals surface area contributed by atoms with E-state index in [2.05, 4.69) is 94.5 Å². The molecule has 0 saturated heterocycles. The third-order valence-corrected chi connectivity index (χ3v) is 9.37. The highest BCUT2D eigenvalue weighted by atomic mass is 16.3.